The van der Waals surface area contributed by atoms with Gasteiger partial charge in [0.1, 0.15) is 0 Å². The summed E-state index contributed by atoms with van der Waals surface area (Å²) in [6.45, 7) is 0. The molecule has 1 fully saturated rings. The summed E-state index contributed by atoms with van der Waals surface area (Å²) in [4.78, 5) is 19.9. The van der Waals surface area contributed by atoms with E-state index in [1.165, 1.54) is 18.3 Å². The molecule has 1 atom stereocenters. The minimum Gasteiger partial charge on any atom is -0.368 e. The number of benzene rings is 1. The van der Waals surface area contributed by atoms with Gasteiger partial charge >= 0.3 is 12.2 Å². The zero-order chi connectivity index (χ0) is 19.9. The van der Waals surface area contributed by atoms with Gasteiger partial charge < -0.3 is 16.4 Å². The minimum absolute atomic E-state index is 0.0445. The van der Waals surface area contributed by atoms with Crippen LogP contribution in [0.3, 0.4) is 0 Å². The van der Waals surface area contributed by atoms with E-state index in [1.54, 1.807) is 12.1 Å². The molecular formula is C19H16F3N5O. The average Bonchev–Trinajstić information content (AvgIpc) is 3.42. The van der Waals surface area contributed by atoms with Crippen molar-refractivity contribution in [3.63, 3.8) is 0 Å². The highest BCUT2D eigenvalue weighted by molar-refractivity contribution is 5.95. The number of nitrogens with one attached hydrogen (secondary N) is 2. The van der Waals surface area contributed by atoms with Gasteiger partial charge in [-0.2, -0.15) is 13.2 Å². The molecule has 0 radical (unpaired) electrons. The second-order valence-electron chi connectivity index (χ2n) is 6.83. The molecule has 0 bridgehead atoms. The number of carbonyl (C=O) groups is 1. The van der Waals surface area contributed by atoms with Crippen molar-refractivity contribution in [2.45, 2.75) is 31.0 Å². The van der Waals surface area contributed by atoms with Crippen LogP contribution in [0.15, 0.2) is 30.5 Å². The summed E-state index contributed by atoms with van der Waals surface area (Å²) >= 11 is 0. The molecule has 4 N–H and O–H groups in total. The molecular weight excluding hydrogens is 371 g/mol. The van der Waals surface area contributed by atoms with E-state index in [0.29, 0.717) is 17.7 Å². The predicted octanol–water partition coefficient (Wildman–Crippen LogP) is 2.96. The summed E-state index contributed by atoms with van der Waals surface area (Å²) in [5.74, 6) is 5.03. The highest BCUT2D eigenvalue weighted by Gasteiger charge is 2.59. The lowest BCUT2D eigenvalue weighted by atomic mass is 9.85. The summed E-state index contributed by atoms with van der Waals surface area (Å²) in [7, 11) is 0. The van der Waals surface area contributed by atoms with Gasteiger partial charge in [0, 0.05) is 29.8 Å². The van der Waals surface area contributed by atoms with E-state index in [4.69, 9.17) is 5.73 Å². The lowest BCUT2D eigenvalue weighted by molar-refractivity contribution is -0.178. The number of anilines is 2. The Balaban J connectivity index is 1.76. The Bertz CT molecular complexity index is 1010. The van der Waals surface area contributed by atoms with Crippen LogP contribution in [-0.4, -0.2) is 22.2 Å². The third-order valence-electron chi connectivity index (χ3n) is 4.62. The third-order valence-corrected chi connectivity index (χ3v) is 4.62. The van der Waals surface area contributed by atoms with Crippen molar-refractivity contribution in [2.75, 3.05) is 11.1 Å². The second kappa shape index (κ2) is 6.41. The van der Waals surface area contributed by atoms with Crippen LogP contribution in [0.1, 0.15) is 29.7 Å². The summed E-state index contributed by atoms with van der Waals surface area (Å²) in [6, 6.07) is 5.13. The Morgan fingerprint density at radius 3 is 2.75 bits per heavy atom. The van der Waals surface area contributed by atoms with Crippen LogP contribution in [0.5, 0.6) is 0 Å². The molecule has 4 rings (SSSR count). The fourth-order valence-corrected chi connectivity index (χ4v) is 3.07. The van der Waals surface area contributed by atoms with Gasteiger partial charge in [0.25, 0.3) is 0 Å². The second-order valence-corrected chi connectivity index (χ2v) is 6.83. The zero-order valence-corrected chi connectivity index (χ0v) is 14.6. The molecule has 2 amide bonds. The van der Waals surface area contributed by atoms with E-state index in [2.05, 4.69) is 27.1 Å². The molecule has 144 valence electrons. The van der Waals surface area contributed by atoms with Crippen molar-refractivity contribution < 1.29 is 18.0 Å². The number of rotatable bonds is 2. The number of halogens is 3. The van der Waals surface area contributed by atoms with E-state index < -0.39 is 17.7 Å². The smallest absolute Gasteiger partial charge is 0.368 e. The lowest BCUT2D eigenvalue weighted by Crippen LogP contribution is -2.59. The first kappa shape index (κ1) is 18.1. The molecule has 0 unspecified atom stereocenters. The molecule has 2 aliphatic rings. The van der Waals surface area contributed by atoms with Gasteiger partial charge in [-0.1, -0.05) is 24.0 Å². The van der Waals surface area contributed by atoms with Gasteiger partial charge in [-0.3, -0.25) is 0 Å². The Labute approximate surface area is 158 Å². The summed E-state index contributed by atoms with van der Waals surface area (Å²) in [6.07, 6.45) is -1.38. The molecule has 2 heterocycles. The van der Waals surface area contributed by atoms with E-state index in [0.717, 1.165) is 12.8 Å². The van der Waals surface area contributed by atoms with Crippen LogP contribution >= 0.6 is 0 Å². The van der Waals surface area contributed by atoms with Crippen LogP contribution < -0.4 is 16.4 Å². The first-order valence-corrected chi connectivity index (χ1v) is 8.66. The summed E-state index contributed by atoms with van der Waals surface area (Å²) in [5, 5.41) is 4.45. The van der Waals surface area contributed by atoms with Crippen molar-refractivity contribution in [2.24, 2.45) is 5.92 Å². The maximum atomic E-state index is 14.0. The third kappa shape index (κ3) is 3.33. The van der Waals surface area contributed by atoms with Crippen LogP contribution in [-0.2, 0) is 12.0 Å². The zero-order valence-electron chi connectivity index (χ0n) is 14.6. The molecule has 1 aromatic heterocycles. The van der Waals surface area contributed by atoms with Crippen LogP contribution in [0.4, 0.5) is 29.6 Å². The van der Waals surface area contributed by atoms with E-state index >= 15 is 0 Å². The highest BCUT2D eigenvalue weighted by atomic mass is 19.4. The first-order chi connectivity index (χ1) is 13.3. The molecule has 9 heteroatoms. The molecule has 1 aromatic carbocycles. The summed E-state index contributed by atoms with van der Waals surface area (Å²) in [5.41, 5.74) is 4.06. The maximum Gasteiger partial charge on any atom is 0.427 e. The van der Waals surface area contributed by atoms with Gasteiger partial charge in [0.2, 0.25) is 11.5 Å². The number of alkyl halides is 3. The van der Waals surface area contributed by atoms with Gasteiger partial charge in [-0.25, -0.2) is 14.8 Å². The monoisotopic (exact) mass is 387 g/mol. The van der Waals surface area contributed by atoms with Crippen molar-refractivity contribution in [1.82, 2.24) is 15.3 Å². The molecule has 6 nitrogen and oxygen atoms in total. The molecule has 28 heavy (non-hydrogen) atoms. The fourth-order valence-electron chi connectivity index (χ4n) is 3.07. The fraction of sp³-hybridized carbons (Fsp3) is 0.316. The van der Waals surface area contributed by atoms with Crippen molar-refractivity contribution in [1.29, 1.82) is 0 Å². The number of nitrogen functional groups attached to an aromatic ring is 1. The number of nitrogens with zero attached hydrogens (tertiary/aromatic N) is 2. The standard InChI is InChI=1S/C19H16F3N5O/c20-19(21,22)18(7-5-11-1-2-11)14-4-3-12(10-15(14)26-17(28)27-18)9-13-6-8-24-16(23)25-13/h3-4,6,8,10-11H,1-2,9H2,(H2,23,24,25)(H2,26,27,28)/t18-/m0/s1. The van der Waals surface area contributed by atoms with Crippen molar-refractivity contribution in [3.05, 3.63) is 47.3 Å². The van der Waals surface area contributed by atoms with Gasteiger partial charge in [0.05, 0.1) is 5.69 Å². The molecule has 1 aliphatic carbocycles. The normalized spacial score (nSPS) is 21.0. The van der Waals surface area contributed by atoms with Gasteiger partial charge in [0.15, 0.2) is 0 Å². The quantitative estimate of drug-likeness (QED) is 0.691. The SMILES string of the molecule is Nc1nccc(Cc2ccc3c(c2)NC(=O)N[C@]3(C#CC2CC2)C(F)(F)F)n1. The Morgan fingerprint density at radius 2 is 2.07 bits per heavy atom. The molecule has 1 saturated carbocycles. The van der Waals surface area contributed by atoms with Crippen molar-refractivity contribution in [3.8, 4) is 11.8 Å². The number of fused-ring (bicyclic) bond motifs is 1. The predicted molar refractivity (Wildman–Crippen MR) is 96.1 cm³/mol. The number of hydrogen-bond donors (Lipinski definition) is 3. The Morgan fingerprint density at radius 1 is 1.29 bits per heavy atom. The van der Waals surface area contributed by atoms with E-state index in [-0.39, 0.29) is 23.1 Å². The van der Waals surface area contributed by atoms with Crippen LogP contribution in [0, 0.1) is 17.8 Å². The number of urea groups is 1. The number of aromatic nitrogens is 2. The Kier molecular flexibility index (Phi) is 4.14. The molecule has 0 spiro atoms. The maximum absolute atomic E-state index is 14.0. The largest absolute Gasteiger partial charge is 0.427 e. The van der Waals surface area contributed by atoms with Gasteiger partial charge in [-0.15, -0.1) is 0 Å². The van der Waals surface area contributed by atoms with Gasteiger partial charge in [-0.05, 0) is 30.5 Å². The molecule has 2 aromatic rings. The molecule has 0 saturated heterocycles. The van der Waals surface area contributed by atoms with Crippen molar-refractivity contribution >= 4 is 17.7 Å². The topological polar surface area (TPSA) is 92.9 Å². The van der Waals surface area contributed by atoms with E-state index in [9.17, 15) is 18.0 Å². The minimum atomic E-state index is -4.77. The number of amides is 2. The highest BCUT2D eigenvalue weighted by Crippen LogP contribution is 2.44. The molecule has 1 aliphatic heterocycles. The van der Waals surface area contributed by atoms with Crippen LogP contribution in [0.25, 0.3) is 0 Å². The number of hydrogen-bond acceptors (Lipinski definition) is 4. The first-order valence-electron chi connectivity index (χ1n) is 8.66. The average molecular weight is 387 g/mol. The van der Waals surface area contributed by atoms with Crippen LogP contribution in [0.2, 0.25) is 0 Å². The number of carbonyl (C=O) groups excluding carboxylic acids is 1. The lowest BCUT2D eigenvalue weighted by Gasteiger charge is -2.37. The van der Waals surface area contributed by atoms with E-state index in [1.807, 2.05) is 5.32 Å². The number of nitrogens with two attached hydrogens (primary N) is 1. The Hall–Kier alpha value is -3.28. The summed E-state index contributed by atoms with van der Waals surface area (Å²) < 4.78 is 42.1.